The number of halogens is 4. The van der Waals surface area contributed by atoms with E-state index in [9.17, 15) is 26.0 Å². The van der Waals surface area contributed by atoms with E-state index in [4.69, 9.17) is 0 Å². The molecule has 0 saturated heterocycles. The molecule has 27 heavy (non-hydrogen) atoms. The molecule has 0 radical (unpaired) electrons. The predicted octanol–water partition coefficient (Wildman–Crippen LogP) is 3.70. The lowest BCUT2D eigenvalue weighted by atomic mass is 9.87. The number of fused-ring (bicyclic) bond motifs is 1. The second kappa shape index (κ2) is 7.47. The van der Waals surface area contributed by atoms with E-state index in [0.717, 1.165) is 17.7 Å². The minimum absolute atomic E-state index is 0.143. The summed E-state index contributed by atoms with van der Waals surface area (Å²) in [5.41, 5.74) is -4.17. The predicted molar refractivity (Wildman–Crippen MR) is 91.1 cm³/mol. The van der Waals surface area contributed by atoms with Gasteiger partial charge in [0.05, 0.1) is 0 Å². The Kier molecular flexibility index (Phi) is 5.43. The van der Waals surface area contributed by atoms with E-state index in [-0.39, 0.29) is 30.0 Å². The average Bonchev–Trinajstić information content (AvgIpc) is 2.62. The van der Waals surface area contributed by atoms with Crippen molar-refractivity contribution in [1.29, 1.82) is 0 Å². The smallest absolute Gasteiger partial charge is 0.376 e. The normalized spacial score (nSPS) is 17.4. The standard InChI is InChI=1S/C18H17F4NO3S/c19-16-8-9-17(26-27(24,25)18(20,21)22)15-10-13(6-7-14(15)16)23-11-12-4-2-1-3-5-12/h1-5,8-9,13,23H,6-7,10-11H2/t13-/m1/s1. The first kappa shape index (κ1) is 19.6. The van der Waals surface area contributed by atoms with Crippen LogP contribution >= 0.6 is 0 Å². The van der Waals surface area contributed by atoms with Gasteiger partial charge in [0.15, 0.2) is 0 Å². The van der Waals surface area contributed by atoms with Crippen LogP contribution in [0.2, 0.25) is 0 Å². The molecule has 146 valence electrons. The monoisotopic (exact) mass is 403 g/mol. The van der Waals surface area contributed by atoms with Crippen molar-refractivity contribution in [2.24, 2.45) is 0 Å². The fourth-order valence-corrected chi connectivity index (χ4v) is 3.57. The minimum atomic E-state index is -5.81. The summed E-state index contributed by atoms with van der Waals surface area (Å²) in [5, 5.41) is 3.27. The van der Waals surface area contributed by atoms with E-state index in [2.05, 4.69) is 9.50 Å². The van der Waals surface area contributed by atoms with E-state index < -0.39 is 27.2 Å². The van der Waals surface area contributed by atoms with Crippen LogP contribution in [0.15, 0.2) is 42.5 Å². The number of hydrogen-bond acceptors (Lipinski definition) is 4. The molecule has 2 aromatic carbocycles. The van der Waals surface area contributed by atoms with Crippen molar-refractivity contribution >= 4 is 10.1 Å². The Bertz CT molecular complexity index is 914. The van der Waals surface area contributed by atoms with Gasteiger partial charge in [-0.05, 0) is 42.5 Å². The van der Waals surface area contributed by atoms with Gasteiger partial charge in [0.2, 0.25) is 0 Å². The van der Waals surface area contributed by atoms with Crippen molar-refractivity contribution in [3.8, 4) is 5.75 Å². The molecule has 9 heteroatoms. The largest absolute Gasteiger partial charge is 0.534 e. The van der Waals surface area contributed by atoms with E-state index in [1.807, 2.05) is 30.3 Å². The second-order valence-electron chi connectivity index (χ2n) is 6.29. The van der Waals surface area contributed by atoms with Gasteiger partial charge >= 0.3 is 15.6 Å². The van der Waals surface area contributed by atoms with Crippen molar-refractivity contribution in [3.05, 3.63) is 65.0 Å². The Morgan fingerprint density at radius 2 is 1.78 bits per heavy atom. The molecule has 1 aliphatic rings. The molecule has 2 aromatic rings. The van der Waals surface area contributed by atoms with Crippen LogP contribution in [-0.4, -0.2) is 20.0 Å². The lowest BCUT2D eigenvalue weighted by molar-refractivity contribution is -0.0500. The summed E-state index contributed by atoms with van der Waals surface area (Å²) in [7, 11) is -5.81. The number of hydrogen-bond donors (Lipinski definition) is 1. The molecule has 4 nitrogen and oxygen atoms in total. The molecular formula is C18H17F4NO3S. The molecule has 1 aliphatic carbocycles. The fraction of sp³-hybridized carbons (Fsp3) is 0.333. The molecule has 0 bridgehead atoms. The molecule has 0 spiro atoms. The molecule has 0 amide bonds. The number of nitrogens with one attached hydrogen (secondary N) is 1. The van der Waals surface area contributed by atoms with Gasteiger partial charge in [0.25, 0.3) is 0 Å². The van der Waals surface area contributed by atoms with E-state index in [1.54, 1.807) is 0 Å². The molecule has 0 unspecified atom stereocenters. The van der Waals surface area contributed by atoms with Crippen LogP contribution in [0.4, 0.5) is 17.6 Å². The van der Waals surface area contributed by atoms with Gasteiger partial charge in [-0.25, -0.2) is 4.39 Å². The quantitative estimate of drug-likeness (QED) is 0.470. The molecule has 0 aliphatic heterocycles. The highest BCUT2D eigenvalue weighted by Gasteiger charge is 2.49. The summed E-state index contributed by atoms with van der Waals surface area (Å²) in [6.45, 7) is 0.535. The summed E-state index contributed by atoms with van der Waals surface area (Å²) in [5.74, 6) is -1.06. The van der Waals surface area contributed by atoms with Gasteiger partial charge < -0.3 is 9.50 Å². The van der Waals surface area contributed by atoms with Crippen LogP contribution in [0.1, 0.15) is 23.1 Å². The van der Waals surface area contributed by atoms with E-state index in [0.29, 0.717) is 13.0 Å². The molecular weight excluding hydrogens is 386 g/mol. The molecule has 0 fully saturated rings. The maximum absolute atomic E-state index is 14.0. The number of alkyl halides is 3. The molecule has 0 aromatic heterocycles. The first-order chi connectivity index (χ1) is 12.7. The Hall–Kier alpha value is -2.13. The first-order valence-electron chi connectivity index (χ1n) is 8.25. The van der Waals surface area contributed by atoms with Gasteiger partial charge in [0.1, 0.15) is 11.6 Å². The molecule has 0 heterocycles. The van der Waals surface area contributed by atoms with Crippen LogP contribution in [-0.2, 0) is 29.5 Å². The highest BCUT2D eigenvalue weighted by molar-refractivity contribution is 7.88. The second-order valence-corrected chi connectivity index (χ2v) is 7.83. The Morgan fingerprint density at radius 1 is 1.07 bits per heavy atom. The van der Waals surface area contributed by atoms with Crippen molar-refractivity contribution in [2.45, 2.75) is 37.4 Å². The molecule has 3 rings (SSSR count). The summed E-state index contributed by atoms with van der Waals surface area (Å²) in [4.78, 5) is 0. The third-order valence-corrected chi connectivity index (χ3v) is 5.41. The minimum Gasteiger partial charge on any atom is -0.376 e. The van der Waals surface area contributed by atoms with E-state index in [1.165, 1.54) is 0 Å². The van der Waals surface area contributed by atoms with Crippen molar-refractivity contribution in [1.82, 2.24) is 5.32 Å². The zero-order chi connectivity index (χ0) is 19.7. The lowest BCUT2D eigenvalue weighted by Crippen LogP contribution is -2.35. The Labute approximate surface area is 154 Å². The number of rotatable bonds is 5. The van der Waals surface area contributed by atoms with Gasteiger partial charge in [-0.15, -0.1) is 0 Å². The third kappa shape index (κ3) is 4.41. The van der Waals surface area contributed by atoms with Crippen LogP contribution in [0.3, 0.4) is 0 Å². The zero-order valence-corrected chi connectivity index (χ0v) is 14.9. The molecule has 1 N–H and O–H groups in total. The lowest BCUT2D eigenvalue weighted by Gasteiger charge is -2.27. The van der Waals surface area contributed by atoms with Crippen LogP contribution < -0.4 is 9.50 Å². The highest BCUT2D eigenvalue weighted by atomic mass is 32.2. The fourth-order valence-electron chi connectivity index (χ4n) is 3.08. The summed E-state index contributed by atoms with van der Waals surface area (Å²) >= 11 is 0. The van der Waals surface area contributed by atoms with Gasteiger partial charge in [-0.1, -0.05) is 30.3 Å². The summed E-state index contributed by atoms with van der Waals surface area (Å²) < 4.78 is 78.8. The van der Waals surface area contributed by atoms with Crippen LogP contribution in [0.25, 0.3) is 0 Å². The van der Waals surface area contributed by atoms with Crippen LogP contribution in [0, 0.1) is 5.82 Å². The molecule has 1 atom stereocenters. The van der Waals surface area contributed by atoms with Crippen LogP contribution in [0.5, 0.6) is 5.75 Å². The van der Waals surface area contributed by atoms with Gasteiger partial charge in [0, 0.05) is 18.2 Å². The Balaban J connectivity index is 1.80. The van der Waals surface area contributed by atoms with E-state index >= 15 is 0 Å². The first-order valence-corrected chi connectivity index (χ1v) is 9.66. The zero-order valence-electron chi connectivity index (χ0n) is 14.1. The maximum atomic E-state index is 14.0. The van der Waals surface area contributed by atoms with Crippen molar-refractivity contribution < 1.29 is 30.2 Å². The average molecular weight is 403 g/mol. The van der Waals surface area contributed by atoms with Gasteiger partial charge in [-0.3, -0.25) is 0 Å². The Morgan fingerprint density at radius 3 is 2.44 bits per heavy atom. The van der Waals surface area contributed by atoms with Gasteiger partial charge in [-0.2, -0.15) is 21.6 Å². The summed E-state index contributed by atoms with van der Waals surface area (Å²) in [6, 6.07) is 11.2. The SMILES string of the molecule is O=S(=O)(Oc1ccc(F)c2c1C[C@H](NCc1ccccc1)CC2)C(F)(F)F. The number of benzene rings is 2. The topological polar surface area (TPSA) is 55.4 Å². The highest BCUT2D eigenvalue weighted by Crippen LogP contribution is 2.35. The van der Waals surface area contributed by atoms with Crippen molar-refractivity contribution in [2.75, 3.05) is 0 Å². The maximum Gasteiger partial charge on any atom is 0.534 e. The molecule has 0 saturated carbocycles. The van der Waals surface area contributed by atoms with Crippen molar-refractivity contribution in [3.63, 3.8) is 0 Å². The third-order valence-electron chi connectivity index (χ3n) is 4.45. The summed E-state index contributed by atoms with van der Waals surface area (Å²) in [6.07, 6.45) is 1.02.